The van der Waals surface area contributed by atoms with Crippen LogP contribution in [0.25, 0.3) is 0 Å². The fourth-order valence-corrected chi connectivity index (χ4v) is 2.64. The third-order valence-corrected chi connectivity index (χ3v) is 4.50. The summed E-state index contributed by atoms with van der Waals surface area (Å²) in [7, 11) is -2.33. The highest BCUT2D eigenvalue weighted by Crippen LogP contribution is 2.19. The van der Waals surface area contributed by atoms with E-state index in [9.17, 15) is 13.2 Å². The summed E-state index contributed by atoms with van der Waals surface area (Å²) in [5.74, 6) is -0.649. The SMILES string of the molecule is CNS(=O)(=O)CC(=O)Nc1cccc(OCc2cccc(C)c2)c1. The molecule has 24 heavy (non-hydrogen) atoms. The van der Waals surface area contributed by atoms with E-state index < -0.39 is 21.7 Å². The third-order valence-electron chi connectivity index (χ3n) is 3.24. The van der Waals surface area contributed by atoms with E-state index in [4.69, 9.17) is 4.74 Å². The predicted molar refractivity (Wildman–Crippen MR) is 93.4 cm³/mol. The molecule has 0 saturated carbocycles. The molecule has 0 spiro atoms. The highest BCUT2D eigenvalue weighted by atomic mass is 32.2. The van der Waals surface area contributed by atoms with Crippen molar-refractivity contribution in [2.75, 3.05) is 18.1 Å². The molecule has 2 aromatic carbocycles. The van der Waals surface area contributed by atoms with Crippen molar-refractivity contribution in [2.24, 2.45) is 0 Å². The van der Waals surface area contributed by atoms with Crippen molar-refractivity contribution in [3.05, 3.63) is 59.7 Å². The zero-order valence-corrected chi connectivity index (χ0v) is 14.4. The lowest BCUT2D eigenvalue weighted by atomic mass is 10.1. The van der Waals surface area contributed by atoms with E-state index in [1.807, 2.05) is 31.2 Å². The Balaban J connectivity index is 1.97. The molecule has 0 atom stereocenters. The summed E-state index contributed by atoms with van der Waals surface area (Å²) >= 11 is 0. The van der Waals surface area contributed by atoms with Crippen LogP contribution in [0.5, 0.6) is 5.75 Å². The van der Waals surface area contributed by atoms with Crippen molar-refractivity contribution in [1.29, 1.82) is 0 Å². The van der Waals surface area contributed by atoms with Gasteiger partial charge in [-0.3, -0.25) is 4.79 Å². The van der Waals surface area contributed by atoms with Crippen LogP contribution in [0.15, 0.2) is 48.5 Å². The molecule has 0 bridgehead atoms. The van der Waals surface area contributed by atoms with Gasteiger partial charge < -0.3 is 10.1 Å². The van der Waals surface area contributed by atoms with Gasteiger partial charge in [-0.15, -0.1) is 0 Å². The molecular weight excluding hydrogens is 328 g/mol. The van der Waals surface area contributed by atoms with Crippen LogP contribution < -0.4 is 14.8 Å². The van der Waals surface area contributed by atoms with Crippen molar-refractivity contribution in [3.63, 3.8) is 0 Å². The number of anilines is 1. The summed E-state index contributed by atoms with van der Waals surface area (Å²) in [5.41, 5.74) is 2.68. The number of ether oxygens (including phenoxy) is 1. The molecule has 2 rings (SSSR count). The molecule has 0 heterocycles. The second-order valence-electron chi connectivity index (χ2n) is 5.32. The predicted octanol–water partition coefficient (Wildman–Crippen LogP) is 2.06. The van der Waals surface area contributed by atoms with Gasteiger partial charge in [-0.05, 0) is 31.7 Å². The maximum atomic E-state index is 11.7. The zero-order valence-electron chi connectivity index (χ0n) is 13.6. The number of aryl methyl sites for hydroxylation is 1. The van der Waals surface area contributed by atoms with E-state index >= 15 is 0 Å². The molecule has 128 valence electrons. The summed E-state index contributed by atoms with van der Waals surface area (Å²) < 4.78 is 30.5. The van der Waals surface area contributed by atoms with Gasteiger partial charge in [0.25, 0.3) is 0 Å². The molecule has 2 N–H and O–H groups in total. The number of carbonyl (C=O) groups excluding carboxylic acids is 1. The standard InChI is InChI=1S/C17H20N2O4S/c1-13-5-3-6-14(9-13)11-23-16-8-4-7-15(10-16)19-17(20)12-24(21,22)18-2/h3-10,18H,11-12H2,1-2H3,(H,19,20). The minimum Gasteiger partial charge on any atom is -0.489 e. The maximum absolute atomic E-state index is 11.7. The smallest absolute Gasteiger partial charge is 0.240 e. The van der Waals surface area contributed by atoms with Crippen molar-refractivity contribution in [1.82, 2.24) is 4.72 Å². The minimum absolute atomic E-state index is 0.410. The van der Waals surface area contributed by atoms with Crippen molar-refractivity contribution >= 4 is 21.6 Å². The second kappa shape index (κ2) is 7.94. The number of benzene rings is 2. The summed E-state index contributed by atoms with van der Waals surface area (Å²) in [6.45, 7) is 2.42. The van der Waals surface area contributed by atoms with Gasteiger partial charge in [0.15, 0.2) is 0 Å². The Morgan fingerprint density at radius 3 is 2.58 bits per heavy atom. The molecule has 1 amide bonds. The lowest BCUT2D eigenvalue weighted by Crippen LogP contribution is -2.30. The quantitative estimate of drug-likeness (QED) is 0.802. The number of nitrogens with one attached hydrogen (secondary N) is 2. The molecular formula is C17H20N2O4S. The van der Waals surface area contributed by atoms with Crippen LogP contribution in [-0.4, -0.2) is 27.1 Å². The lowest BCUT2D eigenvalue weighted by molar-refractivity contribution is -0.113. The number of carbonyl (C=O) groups is 1. The molecule has 0 radical (unpaired) electrons. The van der Waals surface area contributed by atoms with Gasteiger partial charge in [0, 0.05) is 11.8 Å². The number of amides is 1. The van der Waals surface area contributed by atoms with Gasteiger partial charge in [-0.1, -0.05) is 35.9 Å². The van der Waals surface area contributed by atoms with Gasteiger partial charge in [-0.25, -0.2) is 13.1 Å². The molecule has 0 saturated heterocycles. The van der Waals surface area contributed by atoms with E-state index in [1.165, 1.54) is 7.05 Å². The number of hydrogen-bond acceptors (Lipinski definition) is 4. The molecule has 0 unspecified atom stereocenters. The molecule has 6 nitrogen and oxygen atoms in total. The van der Waals surface area contributed by atoms with Crippen molar-refractivity contribution in [2.45, 2.75) is 13.5 Å². The van der Waals surface area contributed by atoms with Gasteiger partial charge in [0.05, 0.1) is 0 Å². The first-order valence-electron chi connectivity index (χ1n) is 7.37. The Labute approximate surface area is 141 Å². The average molecular weight is 348 g/mol. The maximum Gasteiger partial charge on any atom is 0.240 e. The molecule has 0 aliphatic carbocycles. The highest BCUT2D eigenvalue weighted by Gasteiger charge is 2.14. The second-order valence-corrected chi connectivity index (χ2v) is 7.24. The van der Waals surface area contributed by atoms with Crippen LogP contribution in [-0.2, 0) is 21.4 Å². The normalized spacial score (nSPS) is 11.1. The van der Waals surface area contributed by atoms with E-state index in [0.29, 0.717) is 18.0 Å². The number of hydrogen-bond donors (Lipinski definition) is 2. The van der Waals surface area contributed by atoms with Gasteiger partial charge in [-0.2, -0.15) is 0 Å². The first-order chi connectivity index (χ1) is 11.4. The summed E-state index contributed by atoms with van der Waals surface area (Å²) in [4.78, 5) is 11.7. The number of rotatable bonds is 7. The molecule has 0 aliphatic rings. The molecule has 0 aromatic heterocycles. The van der Waals surface area contributed by atoms with Crippen LogP contribution in [0.4, 0.5) is 5.69 Å². The molecule has 7 heteroatoms. The first kappa shape index (κ1) is 18.0. The Morgan fingerprint density at radius 1 is 1.12 bits per heavy atom. The van der Waals surface area contributed by atoms with Crippen LogP contribution in [0, 0.1) is 6.92 Å². The Hall–Kier alpha value is -2.38. The Morgan fingerprint density at radius 2 is 1.88 bits per heavy atom. The monoisotopic (exact) mass is 348 g/mol. The van der Waals surface area contributed by atoms with E-state index in [2.05, 4.69) is 10.0 Å². The topological polar surface area (TPSA) is 84.5 Å². The van der Waals surface area contributed by atoms with Crippen molar-refractivity contribution in [3.8, 4) is 5.75 Å². The summed E-state index contributed by atoms with van der Waals surface area (Å²) in [5, 5.41) is 2.54. The van der Waals surface area contributed by atoms with E-state index in [1.54, 1.807) is 24.3 Å². The van der Waals surface area contributed by atoms with Gasteiger partial charge in [0.1, 0.15) is 18.1 Å². The fourth-order valence-electron chi connectivity index (χ4n) is 2.07. The Kier molecular flexibility index (Phi) is 5.94. The van der Waals surface area contributed by atoms with Crippen molar-refractivity contribution < 1.29 is 17.9 Å². The first-order valence-corrected chi connectivity index (χ1v) is 9.03. The van der Waals surface area contributed by atoms with Crippen LogP contribution in [0.2, 0.25) is 0 Å². The third kappa shape index (κ3) is 5.68. The Bertz CT molecular complexity index is 819. The average Bonchev–Trinajstić information content (AvgIpc) is 2.53. The van der Waals surface area contributed by atoms with Gasteiger partial charge >= 0.3 is 0 Å². The van der Waals surface area contributed by atoms with E-state index in [0.717, 1.165) is 11.1 Å². The van der Waals surface area contributed by atoms with E-state index in [-0.39, 0.29) is 0 Å². The minimum atomic E-state index is -3.59. The lowest BCUT2D eigenvalue weighted by Gasteiger charge is -2.10. The zero-order chi connectivity index (χ0) is 17.6. The van der Waals surface area contributed by atoms with Crippen LogP contribution in [0.3, 0.4) is 0 Å². The summed E-state index contributed by atoms with van der Waals surface area (Å²) in [6.07, 6.45) is 0. The molecule has 2 aromatic rings. The highest BCUT2D eigenvalue weighted by molar-refractivity contribution is 7.90. The number of sulfonamides is 1. The largest absolute Gasteiger partial charge is 0.489 e. The van der Waals surface area contributed by atoms with Crippen LogP contribution >= 0.6 is 0 Å². The van der Waals surface area contributed by atoms with Crippen LogP contribution in [0.1, 0.15) is 11.1 Å². The van der Waals surface area contributed by atoms with Gasteiger partial charge in [0.2, 0.25) is 15.9 Å². The fraction of sp³-hybridized carbons (Fsp3) is 0.235. The molecule has 0 fully saturated rings. The molecule has 0 aliphatic heterocycles. The summed E-state index contributed by atoms with van der Waals surface area (Å²) in [6, 6.07) is 14.8.